The Bertz CT molecular complexity index is 1120. The van der Waals surface area contributed by atoms with Crippen LogP contribution in [0.25, 0.3) is 0 Å². The number of ether oxygens (including phenoxy) is 1. The molecule has 0 saturated carbocycles. The van der Waals surface area contributed by atoms with Crippen molar-refractivity contribution in [1.82, 2.24) is 29.5 Å². The number of rotatable bonds is 8. The fraction of sp³-hybridized carbons (Fsp3) is 0.609. The van der Waals surface area contributed by atoms with Gasteiger partial charge in [-0.2, -0.15) is 28.5 Å². The zero-order valence-electron chi connectivity index (χ0n) is 20.6. The van der Waals surface area contributed by atoms with Gasteiger partial charge in [-0.1, -0.05) is 0 Å². The van der Waals surface area contributed by atoms with E-state index in [0.717, 1.165) is 32.4 Å². The van der Waals surface area contributed by atoms with E-state index in [1.54, 1.807) is 15.8 Å². The molecule has 2 aliphatic heterocycles. The average Bonchev–Trinajstić information content (AvgIpc) is 3.15. The smallest absolute Gasteiger partial charge is 0.372 e. The molecule has 0 aliphatic carbocycles. The summed E-state index contributed by atoms with van der Waals surface area (Å²) in [5.74, 6) is -0.595. The third kappa shape index (κ3) is 6.86. The number of carbonyl (C=O) groups is 1. The first-order chi connectivity index (χ1) is 17.7. The minimum Gasteiger partial charge on any atom is -0.372 e. The van der Waals surface area contributed by atoms with Gasteiger partial charge in [0.2, 0.25) is 11.9 Å². The molecule has 200 valence electrons. The van der Waals surface area contributed by atoms with Crippen LogP contribution in [0.5, 0.6) is 0 Å². The van der Waals surface area contributed by atoms with Crippen LogP contribution in [-0.2, 0) is 15.7 Å². The predicted molar refractivity (Wildman–Crippen MR) is 128 cm³/mol. The Morgan fingerprint density at radius 2 is 2.05 bits per heavy atom. The number of nitrogens with zero attached hydrogens (tertiary/aromatic N) is 7. The molecule has 14 heteroatoms. The van der Waals surface area contributed by atoms with E-state index in [4.69, 9.17) is 4.74 Å². The Hall–Kier alpha value is -3.44. The van der Waals surface area contributed by atoms with Gasteiger partial charge in [-0.25, -0.2) is 4.98 Å². The molecule has 2 N–H and O–H groups in total. The molecule has 2 saturated heterocycles. The van der Waals surface area contributed by atoms with Gasteiger partial charge in [0.15, 0.2) is 5.69 Å². The minimum absolute atomic E-state index is 0.0195. The minimum atomic E-state index is -4.66. The second kappa shape index (κ2) is 11.7. The summed E-state index contributed by atoms with van der Waals surface area (Å²) in [6, 6.07) is 2.15. The van der Waals surface area contributed by atoms with Gasteiger partial charge < -0.3 is 25.2 Å². The van der Waals surface area contributed by atoms with Crippen molar-refractivity contribution in [2.45, 2.75) is 37.9 Å². The van der Waals surface area contributed by atoms with Crippen LogP contribution in [0.1, 0.15) is 43.0 Å². The lowest BCUT2D eigenvalue weighted by Gasteiger charge is -2.28. The second-order valence-corrected chi connectivity index (χ2v) is 9.16. The third-order valence-electron chi connectivity index (χ3n) is 6.43. The highest BCUT2D eigenvalue weighted by Crippen LogP contribution is 2.34. The Labute approximate surface area is 212 Å². The van der Waals surface area contributed by atoms with Crippen LogP contribution in [0.2, 0.25) is 0 Å². The highest BCUT2D eigenvalue weighted by Gasteiger charge is 2.35. The van der Waals surface area contributed by atoms with E-state index in [2.05, 4.69) is 30.6 Å². The second-order valence-electron chi connectivity index (χ2n) is 9.16. The fourth-order valence-corrected chi connectivity index (χ4v) is 4.36. The van der Waals surface area contributed by atoms with Gasteiger partial charge in [0.25, 0.3) is 0 Å². The molecule has 0 bridgehead atoms. The molecule has 2 aromatic rings. The Morgan fingerprint density at radius 3 is 2.78 bits per heavy atom. The van der Waals surface area contributed by atoms with Crippen LogP contribution < -0.4 is 10.6 Å². The molecule has 0 atom stereocenters. The topological polar surface area (TPSA) is 124 Å². The summed E-state index contributed by atoms with van der Waals surface area (Å²) in [7, 11) is 2.05. The van der Waals surface area contributed by atoms with Crippen molar-refractivity contribution in [3.63, 3.8) is 0 Å². The van der Waals surface area contributed by atoms with Crippen molar-refractivity contribution in [2.75, 3.05) is 63.6 Å². The Kier molecular flexibility index (Phi) is 8.45. The zero-order chi connectivity index (χ0) is 26.4. The van der Waals surface area contributed by atoms with Gasteiger partial charge >= 0.3 is 6.18 Å². The Balaban J connectivity index is 1.45. The van der Waals surface area contributed by atoms with Crippen molar-refractivity contribution in [1.29, 1.82) is 5.26 Å². The van der Waals surface area contributed by atoms with Crippen LogP contribution in [0.3, 0.4) is 0 Å². The maximum Gasteiger partial charge on any atom is 0.421 e. The van der Waals surface area contributed by atoms with Crippen LogP contribution >= 0.6 is 0 Å². The van der Waals surface area contributed by atoms with Gasteiger partial charge in [-0.3, -0.25) is 9.48 Å². The lowest BCUT2D eigenvalue weighted by molar-refractivity contribution is -0.137. The number of likely N-dealkylation sites (tertiary alicyclic amines) is 1. The third-order valence-corrected chi connectivity index (χ3v) is 6.43. The highest BCUT2D eigenvalue weighted by atomic mass is 19.4. The van der Waals surface area contributed by atoms with Gasteiger partial charge in [-0.05, 0) is 45.8 Å². The van der Waals surface area contributed by atoms with Crippen LogP contribution in [0.15, 0.2) is 12.4 Å². The zero-order valence-corrected chi connectivity index (χ0v) is 20.6. The van der Waals surface area contributed by atoms with Crippen LogP contribution in [-0.4, -0.2) is 88.4 Å². The summed E-state index contributed by atoms with van der Waals surface area (Å²) < 4.78 is 47.7. The Morgan fingerprint density at radius 1 is 1.27 bits per heavy atom. The highest BCUT2D eigenvalue weighted by molar-refractivity contribution is 5.77. The number of nitrogens with one attached hydrogen (secondary N) is 2. The first-order valence-corrected chi connectivity index (χ1v) is 12.2. The van der Waals surface area contributed by atoms with E-state index in [1.807, 2.05) is 13.1 Å². The fourth-order valence-electron chi connectivity index (χ4n) is 4.36. The molecule has 4 heterocycles. The molecule has 1 amide bonds. The molecule has 4 rings (SSSR count). The van der Waals surface area contributed by atoms with E-state index in [9.17, 15) is 23.2 Å². The maximum atomic E-state index is 13.6. The van der Waals surface area contributed by atoms with Gasteiger partial charge in [0.1, 0.15) is 24.1 Å². The molecular weight excluding hydrogens is 491 g/mol. The molecule has 0 radical (unpaired) electrons. The summed E-state index contributed by atoms with van der Waals surface area (Å²) in [6.45, 7) is 3.47. The number of hydrogen-bond donors (Lipinski definition) is 2. The lowest BCUT2D eigenvalue weighted by Crippen LogP contribution is -2.34. The first-order valence-electron chi connectivity index (χ1n) is 12.2. The van der Waals surface area contributed by atoms with E-state index in [1.165, 1.54) is 0 Å². The number of alkyl halides is 3. The molecule has 2 aromatic heterocycles. The number of piperidine rings is 1. The molecular formula is C23H30F3N9O2. The van der Waals surface area contributed by atoms with E-state index < -0.39 is 11.7 Å². The quantitative estimate of drug-likeness (QED) is 0.505. The number of aromatic nitrogens is 4. The van der Waals surface area contributed by atoms with Gasteiger partial charge in [0.05, 0.1) is 17.9 Å². The first kappa shape index (κ1) is 26.6. The molecule has 11 nitrogen and oxygen atoms in total. The molecule has 2 aliphatic rings. The molecule has 0 spiro atoms. The number of nitriles is 1. The summed E-state index contributed by atoms with van der Waals surface area (Å²) in [5.41, 5.74) is -0.558. The average molecular weight is 522 g/mol. The standard InChI is InChI=1S/C23H30F3N9O2/c1-33-9-4-16(5-10-33)35-14-19(18(12-27)32-35)30-22-29-13-17(23(24,25)26)21(31-22)28-6-2-7-34-8-3-11-37-15-20(34)36/h13-14,16H,2-11,15H2,1H3,(H2,28,29,30,31). The number of anilines is 3. The molecule has 37 heavy (non-hydrogen) atoms. The SMILES string of the molecule is CN1CCC(n2cc(Nc3ncc(C(F)(F)F)c(NCCCN4CCCOCC4=O)n3)c(C#N)n2)CC1. The number of halogens is 3. The van der Waals surface area contributed by atoms with Gasteiger partial charge in [0, 0.05) is 32.4 Å². The van der Waals surface area contributed by atoms with Gasteiger partial charge in [-0.15, -0.1) is 0 Å². The van der Waals surface area contributed by atoms with Crippen LogP contribution in [0.4, 0.5) is 30.6 Å². The van der Waals surface area contributed by atoms with Crippen molar-refractivity contribution in [3.8, 4) is 6.07 Å². The maximum absolute atomic E-state index is 13.6. The molecule has 2 fully saturated rings. The molecule has 0 unspecified atom stereocenters. The van der Waals surface area contributed by atoms with E-state index in [0.29, 0.717) is 38.0 Å². The summed E-state index contributed by atoms with van der Waals surface area (Å²) in [6.07, 6.45) is 0.628. The van der Waals surface area contributed by atoms with Crippen LogP contribution in [0, 0.1) is 11.3 Å². The summed E-state index contributed by atoms with van der Waals surface area (Å²) >= 11 is 0. The van der Waals surface area contributed by atoms with E-state index >= 15 is 0 Å². The monoisotopic (exact) mass is 521 g/mol. The van der Waals surface area contributed by atoms with Crippen molar-refractivity contribution in [3.05, 3.63) is 23.7 Å². The van der Waals surface area contributed by atoms with Crippen molar-refractivity contribution < 1.29 is 22.7 Å². The number of hydrogen-bond acceptors (Lipinski definition) is 9. The normalized spacial score (nSPS) is 17.9. The summed E-state index contributed by atoms with van der Waals surface area (Å²) in [5, 5.41) is 19.5. The number of carbonyl (C=O) groups excluding carboxylic acids is 1. The summed E-state index contributed by atoms with van der Waals surface area (Å²) in [4.78, 5) is 23.8. The lowest BCUT2D eigenvalue weighted by atomic mass is 10.1. The number of amides is 1. The van der Waals surface area contributed by atoms with Crippen molar-refractivity contribution in [2.24, 2.45) is 0 Å². The largest absolute Gasteiger partial charge is 0.421 e. The predicted octanol–water partition coefficient (Wildman–Crippen LogP) is 2.62. The van der Waals surface area contributed by atoms with Crippen molar-refractivity contribution >= 4 is 23.4 Å². The van der Waals surface area contributed by atoms with E-state index in [-0.39, 0.29) is 42.6 Å². The molecule has 0 aromatic carbocycles.